The van der Waals surface area contributed by atoms with E-state index >= 15 is 0 Å². The van der Waals surface area contributed by atoms with Crippen LogP contribution in [0.4, 0.5) is 14.6 Å². The zero-order valence-electron chi connectivity index (χ0n) is 11.1. The van der Waals surface area contributed by atoms with Gasteiger partial charge in [0.1, 0.15) is 5.82 Å². The SMILES string of the molecule is CN(CC1CC(O)C1)c1cnc2cc(F)c(F)cc2n1. The fraction of sp³-hybridized carbons (Fsp3) is 0.429. The van der Waals surface area contributed by atoms with Crippen molar-refractivity contribution in [3.8, 4) is 0 Å². The first-order chi connectivity index (χ1) is 9.52. The average molecular weight is 279 g/mol. The second kappa shape index (κ2) is 4.94. The molecule has 0 saturated heterocycles. The van der Waals surface area contributed by atoms with Crippen LogP contribution in [0.25, 0.3) is 11.0 Å². The lowest BCUT2D eigenvalue weighted by atomic mass is 9.82. The zero-order valence-corrected chi connectivity index (χ0v) is 11.1. The molecule has 0 aliphatic heterocycles. The fourth-order valence-electron chi connectivity index (χ4n) is 2.51. The highest BCUT2D eigenvalue weighted by Gasteiger charge is 2.28. The first-order valence-electron chi connectivity index (χ1n) is 6.54. The number of benzene rings is 1. The highest BCUT2D eigenvalue weighted by molar-refractivity contribution is 5.75. The lowest BCUT2D eigenvalue weighted by Gasteiger charge is -2.34. The molecule has 1 aromatic carbocycles. The summed E-state index contributed by atoms with van der Waals surface area (Å²) in [7, 11) is 1.88. The van der Waals surface area contributed by atoms with E-state index in [4.69, 9.17) is 0 Å². The van der Waals surface area contributed by atoms with Crippen molar-refractivity contribution < 1.29 is 13.9 Å². The Bertz CT molecular complexity index is 644. The molecule has 4 nitrogen and oxygen atoms in total. The minimum Gasteiger partial charge on any atom is -0.393 e. The van der Waals surface area contributed by atoms with Crippen LogP contribution in [0.15, 0.2) is 18.3 Å². The van der Waals surface area contributed by atoms with E-state index in [1.54, 1.807) is 6.20 Å². The highest BCUT2D eigenvalue weighted by Crippen LogP contribution is 2.28. The minimum absolute atomic E-state index is 0.187. The van der Waals surface area contributed by atoms with Gasteiger partial charge in [0.2, 0.25) is 0 Å². The summed E-state index contributed by atoms with van der Waals surface area (Å²) in [4.78, 5) is 10.3. The highest BCUT2D eigenvalue weighted by atomic mass is 19.2. The molecule has 1 saturated carbocycles. The summed E-state index contributed by atoms with van der Waals surface area (Å²) in [6.45, 7) is 0.765. The number of aromatic nitrogens is 2. The number of rotatable bonds is 3. The lowest BCUT2D eigenvalue weighted by molar-refractivity contribution is 0.0464. The standard InChI is InChI=1S/C14H15F2N3O/c1-19(7-8-2-9(20)3-8)14-6-17-12-4-10(15)11(16)5-13(12)18-14/h4-6,8-9,20H,2-3,7H2,1H3. The monoisotopic (exact) mass is 279 g/mol. The van der Waals surface area contributed by atoms with Gasteiger partial charge in [0.15, 0.2) is 11.6 Å². The number of anilines is 1. The maximum atomic E-state index is 13.2. The van der Waals surface area contributed by atoms with Crippen molar-refractivity contribution in [3.05, 3.63) is 30.0 Å². The molecule has 1 N–H and O–H groups in total. The second-order valence-electron chi connectivity index (χ2n) is 5.36. The van der Waals surface area contributed by atoms with E-state index in [1.165, 1.54) is 0 Å². The van der Waals surface area contributed by atoms with Crippen LogP contribution in [0.3, 0.4) is 0 Å². The molecule has 1 heterocycles. The van der Waals surface area contributed by atoms with Gasteiger partial charge in [-0.3, -0.25) is 4.98 Å². The van der Waals surface area contributed by atoms with E-state index in [9.17, 15) is 13.9 Å². The topological polar surface area (TPSA) is 49.2 Å². The van der Waals surface area contributed by atoms with Crippen molar-refractivity contribution >= 4 is 16.9 Å². The van der Waals surface area contributed by atoms with Gasteiger partial charge in [0, 0.05) is 25.7 Å². The van der Waals surface area contributed by atoms with E-state index in [2.05, 4.69) is 9.97 Å². The Hall–Kier alpha value is -1.82. The number of hydrogen-bond acceptors (Lipinski definition) is 4. The van der Waals surface area contributed by atoms with Crippen molar-refractivity contribution in [2.45, 2.75) is 18.9 Å². The molecule has 3 rings (SSSR count). The van der Waals surface area contributed by atoms with Crippen LogP contribution < -0.4 is 4.90 Å². The molecular formula is C14H15F2N3O. The van der Waals surface area contributed by atoms with Crippen LogP contribution in [0.1, 0.15) is 12.8 Å². The smallest absolute Gasteiger partial charge is 0.161 e. The molecule has 1 fully saturated rings. The number of aliphatic hydroxyl groups excluding tert-OH is 1. The molecule has 1 aliphatic rings. The van der Waals surface area contributed by atoms with Crippen molar-refractivity contribution in [3.63, 3.8) is 0 Å². The Balaban J connectivity index is 1.82. The third-order valence-electron chi connectivity index (χ3n) is 3.71. The Morgan fingerprint density at radius 2 is 1.90 bits per heavy atom. The van der Waals surface area contributed by atoms with E-state index in [0.717, 1.165) is 31.5 Å². The molecule has 106 valence electrons. The minimum atomic E-state index is -0.922. The van der Waals surface area contributed by atoms with Crippen molar-refractivity contribution in [1.29, 1.82) is 0 Å². The Labute approximate surface area is 115 Å². The zero-order chi connectivity index (χ0) is 14.3. The third-order valence-corrected chi connectivity index (χ3v) is 3.71. The molecule has 0 amide bonds. The number of nitrogens with zero attached hydrogens (tertiary/aromatic N) is 3. The molecule has 0 bridgehead atoms. The van der Waals surface area contributed by atoms with Gasteiger partial charge in [-0.25, -0.2) is 13.8 Å². The molecule has 1 aromatic heterocycles. The van der Waals surface area contributed by atoms with Crippen molar-refractivity contribution in [2.24, 2.45) is 5.92 Å². The van der Waals surface area contributed by atoms with Gasteiger partial charge in [-0.2, -0.15) is 0 Å². The Kier molecular flexibility index (Phi) is 3.25. The quantitative estimate of drug-likeness (QED) is 0.935. The van der Waals surface area contributed by atoms with E-state index in [-0.39, 0.29) is 6.10 Å². The van der Waals surface area contributed by atoms with Crippen molar-refractivity contribution in [2.75, 3.05) is 18.5 Å². The number of halogens is 2. The number of hydrogen-bond donors (Lipinski definition) is 1. The van der Waals surface area contributed by atoms with E-state index < -0.39 is 11.6 Å². The van der Waals surface area contributed by atoms with Gasteiger partial charge in [0.05, 0.1) is 23.3 Å². The van der Waals surface area contributed by atoms with Crippen LogP contribution in [0.2, 0.25) is 0 Å². The maximum Gasteiger partial charge on any atom is 0.161 e. The maximum absolute atomic E-state index is 13.2. The van der Waals surface area contributed by atoms with E-state index in [1.807, 2.05) is 11.9 Å². The fourth-order valence-corrected chi connectivity index (χ4v) is 2.51. The van der Waals surface area contributed by atoms with Crippen LogP contribution in [0.5, 0.6) is 0 Å². The van der Waals surface area contributed by atoms with Crippen LogP contribution in [-0.4, -0.2) is 34.8 Å². The second-order valence-corrected chi connectivity index (χ2v) is 5.36. The first kappa shape index (κ1) is 13.2. The normalized spacial score (nSPS) is 21.8. The number of fused-ring (bicyclic) bond motifs is 1. The Morgan fingerprint density at radius 1 is 1.25 bits per heavy atom. The van der Waals surface area contributed by atoms with Crippen LogP contribution in [0, 0.1) is 17.6 Å². The predicted molar refractivity (Wildman–Crippen MR) is 71.5 cm³/mol. The molecule has 6 heteroatoms. The molecule has 0 radical (unpaired) electrons. The molecule has 0 unspecified atom stereocenters. The van der Waals surface area contributed by atoms with Gasteiger partial charge >= 0.3 is 0 Å². The molecule has 20 heavy (non-hydrogen) atoms. The summed E-state index contributed by atoms with van der Waals surface area (Å²) in [5.74, 6) is -0.785. The summed E-state index contributed by atoms with van der Waals surface area (Å²) >= 11 is 0. The molecular weight excluding hydrogens is 264 g/mol. The molecule has 0 spiro atoms. The molecule has 0 atom stereocenters. The van der Waals surface area contributed by atoms with Crippen LogP contribution >= 0.6 is 0 Å². The summed E-state index contributed by atoms with van der Waals surface area (Å²) in [6.07, 6.45) is 2.96. The van der Waals surface area contributed by atoms with Gasteiger partial charge in [-0.15, -0.1) is 0 Å². The lowest BCUT2D eigenvalue weighted by Crippen LogP contribution is -2.37. The van der Waals surface area contributed by atoms with Gasteiger partial charge in [-0.1, -0.05) is 0 Å². The summed E-state index contributed by atoms with van der Waals surface area (Å²) in [5, 5.41) is 9.28. The van der Waals surface area contributed by atoms with Crippen LogP contribution in [-0.2, 0) is 0 Å². The summed E-state index contributed by atoms with van der Waals surface area (Å²) < 4.78 is 26.3. The molecule has 1 aliphatic carbocycles. The van der Waals surface area contributed by atoms with Gasteiger partial charge < -0.3 is 10.0 Å². The predicted octanol–water partition coefficient (Wildman–Crippen LogP) is 2.12. The van der Waals surface area contributed by atoms with E-state index in [0.29, 0.717) is 22.8 Å². The first-order valence-corrected chi connectivity index (χ1v) is 6.54. The average Bonchev–Trinajstić information content (AvgIpc) is 2.37. The number of aliphatic hydroxyl groups is 1. The van der Waals surface area contributed by atoms with Crippen molar-refractivity contribution in [1.82, 2.24) is 9.97 Å². The third kappa shape index (κ3) is 2.43. The summed E-state index contributed by atoms with van der Waals surface area (Å²) in [5.41, 5.74) is 0.669. The summed E-state index contributed by atoms with van der Waals surface area (Å²) in [6, 6.07) is 2.10. The largest absolute Gasteiger partial charge is 0.393 e. The molecule has 2 aromatic rings. The van der Waals surface area contributed by atoms with Gasteiger partial charge in [0.25, 0.3) is 0 Å². The van der Waals surface area contributed by atoms with Gasteiger partial charge in [-0.05, 0) is 18.8 Å². The Morgan fingerprint density at radius 3 is 2.55 bits per heavy atom.